The molecule has 0 atom stereocenters. The van der Waals surface area contributed by atoms with Gasteiger partial charge in [0, 0.05) is 10.6 Å². The predicted octanol–water partition coefficient (Wildman–Crippen LogP) is 4.92. The highest BCUT2D eigenvalue weighted by molar-refractivity contribution is 9.10. The van der Waals surface area contributed by atoms with Gasteiger partial charge < -0.3 is 5.73 Å². The minimum absolute atomic E-state index is 0.219. The maximum atomic E-state index is 6.16. The normalized spacial score (nSPS) is 11.1. The van der Waals surface area contributed by atoms with E-state index in [9.17, 15) is 0 Å². The molecule has 0 aliphatic rings. The topological polar surface area (TPSA) is 51.8 Å². The molecule has 1 heterocycles. The molecule has 0 unspecified atom stereocenters. The number of anilines is 1. The van der Waals surface area contributed by atoms with Crippen LogP contribution in [0.25, 0.3) is 11.4 Å². The number of nitrogen functional groups attached to an aromatic ring is 1. The Hall–Kier alpha value is -0.840. The van der Waals surface area contributed by atoms with Crippen LogP contribution in [0.1, 0.15) is 25.5 Å². The fraction of sp³-hybridized carbons (Fsp3) is 0.231. The molecule has 3 nitrogen and oxygen atoms in total. The molecule has 0 amide bonds. The van der Waals surface area contributed by atoms with Crippen molar-refractivity contribution >= 4 is 44.9 Å². The molecular weight excluding hydrogens is 349 g/mol. The Bertz CT molecular complexity index is 630. The summed E-state index contributed by atoms with van der Waals surface area (Å²) in [5.74, 6) is 1.10. The lowest BCUT2D eigenvalue weighted by molar-refractivity contribution is 0.811. The van der Waals surface area contributed by atoms with E-state index in [2.05, 4.69) is 25.9 Å². The lowest BCUT2D eigenvalue weighted by Gasteiger charge is -2.12. The van der Waals surface area contributed by atoms with Crippen LogP contribution in [-0.4, -0.2) is 9.97 Å². The van der Waals surface area contributed by atoms with Crippen LogP contribution in [-0.2, 0) is 0 Å². The number of aromatic nitrogens is 2. The van der Waals surface area contributed by atoms with Gasteiger partial charge in [-0.3, -0.25) is 0 Å². The molecule has 0 radical (unpaired) electrons. The van der Waals surface area contributed by atoms with Crippen molar-refractivity contribution in [2.45, 2.75) is 19.8 Å². The summed E-state index contributed by atoms with van der Waals surface area (Å²) in [5.41, 5.74) is 7.43. The van der Waals surface area contributed by atoms with Crippen LogP contribution < -0.4 is 5.73 Å². The van der Waals surface area contributed by atoms with E-state index >= 15 is 0 Å². The lowest BCUT2D eigenvalue weighted by atomic mass is 10.1. The third-order valence-corrected chi connectivity index (χ3v) is 4.00. The molecule has 2 N–H and O–H groups in total. The Morgan fingerprint density at radius 1 is 1.21 bits per heavy atom. The standard InChI is InChI=1S/C13H12BrCl2N3/c1-6(2)11-10(14)12(17)19-13(18-11)8-5-7(15)3-4-9(8)16/h3-6H,1-2H3,(H2,17,18,19). The number of rotatable bonds is 2. The van der Waals surface area contributed by atoms with E-state index in [0.717, 1.165) is 10.2 Å². The van der Waals surface area contributed by atoms with E-state index in [1.54, 1.807) is 18.2 Å². The summed E-state index contributed by atoms with van der Waals surface area (Å²) in [5, 5.41) is 1.12. The molecule has 2 rings (SSSR count). The van der Waals surface area contributed by atoms with Crippen LogP contribution in [0.15, 0.2) is 22.7 Å². The average molecular weight is 361 g/mol. The van der Waals surface area contributed by atoms with E-state index in [-0.39, 0.29) is 5.92 Å². The number of halogens is 3. The second kappa shape index (κ2) is 5.65. The van der Waals surface area contributed by atoms with Gasteiger partial charge in [-0.1, -0.05) is 37.0 Å². The number of nitrogens with two attached hydrogens (primary N) is 1. The largest absolute Gasteiger partial charge is 0.383 e. The summed E-state index contributed by atoms with van der Waals surface area (Å²) in [4.78, 5) is 8.79. The van der Waals surface area contributed by atoms with Gasteiger partial charge in [0.2, 0.25) is 0 Å². The molecule has 100 valence electrons. The van der Waals surface area contributed by atoms with E-state index in [4.69, 9.17) is 28.9 Å². The zero-order valence-electron chi connectivity index (χ0n) is 10.4. The van der Waals surface area contributed by atoms with Gasteiger partial charge in [0.15, 0.2) is 5.82 Å². The molecule has 0 aliphatic carbocycles. The first-order valence-corrected chi connectivity index (χ1v) is 7.23. The summed E-state index contributed by atoms with van der Waals surface area (Å²) in [7, 11) is 0. The number of nitrogens with zero attached hydrogens (tertiary/aromatic N) is 2. The molecule has 1 aromatic heterocycles. The van der Waals surface area contributed by atoms with Crippen molar-refractivity contribution in [2.75, 3.05) is 5.73 Å². The number of hydrogen-bond donors (Lipinski definition) is 1. The lowest BCUT2D eigenvalue weighted by Crippen LogP contribution is -2.04. The van der Waals surface area contributed by atoms with Crippen LogP contribution in [0.5, 0.6) is 0 Å². The Labute approximate surface area is 130 Å². The quantitative estimate of drug-likeness (QED) is 0.826. The van der Waals surface area contributed by atoms with Crippen LogP contribution >= 0.6 is 39.1 Å². The third kappa shape index (κ3) is 3.02. The molecule has 1 aromatic carbocycles. The van der Waals surface area contributed by atoms with Crippen molar-refractivity contribution < 1.29 is 0 Å². The molecule has 0 fully saturated rings. The first-order chi connectivity index (χ1) is 8.90. The van der Waals surface area contributed by atoms with Crippen molar-refractivity contribution in [3.05, 3.63) is 38.4 Å². The van der Waals surface area contributed by atoms with Gasteiger partial charge in [0.05, 0.1) is 15.2 Å². The predicted molar refractivity (Wildman–Crippen MR) is 83.7 cm³/mol. The maximum Gasteiger partial charge on any atom is 0.163 e. The summed E-state index contributed by atoms with van der Waals surface area (Å²) in [6, 6.07) is 5.17. The Balaban J connectivity index is 2.66. The highest BCUT2D eigenvalue weighted by Crippen LogP contribution is 2.33. The van der Waals surface area contributed by atoms with Crippen molar-refractivity contribution in [3.63, 3.8) is 0 Å². The van der Waals surface area contributed by atoms with E-state index in [1.807, 2.05) is 13.8 Å². The smallest absolute Gasteiger partial charge is 0.163 e. The van der Waals surface area contributed by atoms with Crippen LogP contribution in [0.4, 0.5) is 5.82 Å². The van der Waals surface area contributed by atoms with Gasteiger partial charge in [0.1, 0.15) is 5.82 Å². The second-order valence-electron chi connectivity index (χ2n) is 4.41. The van der Waals surface area contributed by atoms with Gasteiger partial charge in [-0.2, -0.15) is 0 Å². The fourth-order valence-corrected chi connectivity index (χ4v) is 2.66. The minimum Gasteiger partial charge on any atom is -0.383 e. The fourth-order valence-electron chi connectivity index (χ4n) is 1.65. The molecule has 0 bridgehead atoms. The van der Waals surface area contributed by atoms with Gasteiger partial charge in [-0.25, -0.2) is 9.97 Å². The molecule has 0 saturated carbocycles. The highest BCUT2D eigenvalue weighted by atomic mass is 79.9. The first kappa shape index (κ1) is 14.6. The summed E-state index contributed by atoms with van der Waals surface area (Å²) in [6.07, 6.45) is 0. The van der Waals surface area contributed by atoms with Crippen LogP contribution in [0.2, 0.25) is 10.0 Å². The van der Waals surface area contributed by atoms with Gasteiger partial charge in [-0.15, -0.1) is 0 Å². The molecule has 0 aliphatic heterocycles. The summed E-state index contributed by atoms with van der Waals surface area (Å²) >= 11 is 15.6. The van der Waals surface area contributed by atoms with Gasteiger partial charge in [0.25, 0.3) is 0 Å². The van der Waals surface area contributed by atoms with Gasteiger partial charge >= 0.3 is 0 Å². The van der Waals surface area contributed by atoms with Crippen molar-refractivity contribution in [1.82, 2.24) is 9.97 Å². The third-order valence-electron chi connectivity index (χ3n) is 2.62. The van der Waals surface area contributed by atoms with E-state index < -0.39 is 0 Å². The van der Waals surface area contributed by atoms with Crippen molar-refractivity contribution in [3.8, 4) is 11.4 Å². The summed E-state index contributed by atoms with van der Waals surface area (Å²) < 4.78 is 0.726. The molecular formula is C13H12BrCl2N3. The minimum atomic E-state index is 0.219. The summed E-state index contributed by atoms with van der Waals surface area (Å²) in [6.45, 7) is 4.08. The monoisotopic (exact) mass is 359 g/mol. The number of hydrogen-bond acceptors (Lipinski definition) is 3. The van der Waals surface area contributed by atoms with E-state index in [0.29, 0.717) is 27.3 Å². The Morgan fingerprint density at radius 3 is 2.53 bits per heavy atom. The average Bonchev–Trinajstić information content (AvgIpc) is 2.35. The highest BCUT2D eigenvalue weighted by Gasteiger charge is 2.16. The Kier molecular flexibility index (Phi) is 4.33. The molecule has 6 heteroatoms. The maximum absolute atomic E-state index is 6.16. The Morgan fingerprint density at radius 2 is 1.89 bits per heavy atom. The van der Waals surface area contributed by atoms with Crippen molar-refractivity contribution in [1.29, 1.82) is 0 Å². The number of benzene rings is 1. The molecule has 0 saturated heterocycles. The van der Waals surface area contributed by atoms with Crippen LogP contribution in [0, 0.1) is 0 Å². The van der Waals surface area contributed by atoms with Gasteiger partial charge in [-0.05, 0) is 40.0 Å². The van der Waals surface area contributed by atoms with E-state index in [1.165, 1.54) is 0 Å². The van der Waals surface area contributed by atoms with Crippen molar-refractivity contribution in [2.24, 2.45) is 0 Å². The second-order valence-corrected chi connectivity index (χ2v) is 6.05. The zero-order chi connectivity index (χ0) is 14.2. The molecule has 2 aromatic rings. The molecule has 0 spiro atoms. The first-order valence-electron chi connectivity index (χ1n) is 5.68. The zero-order valence-corrected chi connectivity index (χ0v) is 13.5. The SMILES string of the molecule is CC(C)c1nc(-c2cc(Cl)ccc2Cl)nc(N)c1Br. The van der Waals surface area contributed by atoms with Crippen LogP contribution in [0.3, 0.4) is 0 Å². The molecule has 19 heavy (non-hydrogen) atoms.